The van der Waals surface area contributed by atoms with E-state index in [0.29, 0.717) is 10.8 Å². The molecule has 1 fully saturated rings. The molecular formula is C20H23N3O2S. The lowest BCUT2D eigenvalue weighted by Gasteiger charge is -2.21. The van der Waals surface area contributed by atoms with E-state index in [-0.39, 0.29) is 17.9 Å². The van der Waals surface area contributed by atoms with Crippen molar-refractivity contribution in [1.29, 1.82) is 0 Å². The molecule has 1 saturated carbocycles. The largest absolute Gasteiger partial charge is 0.350 e. The van der Waals surface area contributed by atoms with E-state index in [9.17, 15) is 9.59 Å². The number of rotatable bonds is 5. The average Bonchev–Trinajstić information content (AvgIpc) is 3.10. The van der Waals surface area contributed by atoms with Crippen LogP contribution in [0.2, 0.25) is 0 Å². The summed E-state index contributed by atoms with van der Waals surface area (Å²) in [7, 11) is 0. The molecule has 1 aromatic carbocycles. The first-order chi connectivity index (χ1) is 12.6. The summed E-state index contributed by atoms with van der Waals surface area (Å²) >= 11 is 1.38. The van der Waals surface area contributed by atoms with Crippen molar-refractivity contribution in [3.63, 3.8) is 0 Å². The van der Waals surface area contributed by atoms with Gasteiger partial charge in [0.25, 0.3) is 0 Å². The summed E-state index contributed by atoms with van der Waals surface area (Å²) < 4.78 is 0. The van der Waals surface area contributed by atoms with Gasteiger partial charge in [-0.15, -0.1) is 11.3 Å². The van der Waals surface area contributed by atoms with Crippen molar-refractivity contribution in [2.24, 2.45) is 0 Å². The van der Waals surface area contributed by atoms with E-state index in [2.05, 4.69) is 10.3 Å². The first-order valence-corrected chi connectivity index (χ1v) is 9.81. The zero-order chi connectivity index (χ0) is 18.4. The number of carbonyl (C=O) groups excluding carboxylic acids is 2. The van der Waals surface area contributed by atoms with Gasteiger partial charge in [-0.1, -0.05) is 37.5 Å². The second-order valence-corrected chi connectivity index (χ2v) is 7.26. The van der Waals surface area contributed by atoms with Crippen LogP contribution < -0.4 is 10.2 Å². The van der Waals surface area contributed by atoms with E-state index in [1.807, 2.05) is 35.7 Å². The molecule has 0 aliphatic heterocycles. The Hall–Kier alpha value is -2.47. The Morgan fingerprint density at radius 1 is 1.19 bits per heavy atom. The lowest BCUT2D eigenvalue weighted by atomic mass is 9.95. The molecule has 0 atom stereocenters. The number of hydrogen-bond donors (Lipinski definition) is 1. The van der Waals surface area contributed by atoms with Crippen LogP contribution in [0.5, 0.6) is 0 Å². The maximum Gasteiger partial charge on any atom is 0.244 e. The first-order valence-electron chi connectivity index (χ1n) is 8.93. The highest BCUT2D eigenvalue weighted by Crippen LogP contribution is 2.29. The molecular weight excluding hydrogens is 346 g/mol. The number of para-hydroxylation sites is 1. The van der Waals surface area contributed by atoms with Crippen LogP contribution in [-0.2, 0) is 9.59 Å². The highest BCUT2D eigenvalue weighted by molar-refractivity contribution is 7.14. The van der Waals surface area contributed by atoms with Crippen LogP contribution in [0.1, 0.15) is 44.7 Å². The minimum atomic E-state index is -0.101. The maximum absolute atomic E-state index is 12.1. The van der Waals surface area contributed by atoms with Crippen molar-refractivity contribution in [3.8, 4) is 0 Å². The Labute approximate surface area is 157 Å². The van der Waals surface area contributed by atoms with E-state index >= 15 is 0 Å². The highest BCUT2D eigenvalue weighted by atomic mass is 32.1. The van der Waals surface area contributed by atoms with Gasteiger partial charge in [0, 0.05) is 24.4 Å². The second-order valence-electron chi connectivity index (χ2n) is 6.42. The Morgan fingerprint density at radius 3 is 2.62 bits per heavy atom. The molecule has 1 aliphatic carbocycles. The zero-order valence-corrected chi connectivity index (χ0v) is 15.7. The fraction of sp³-hybridized carbons (Fsp3) is 0.350. The van der Waals surface area contributed by atoms with Crippen LogP contribution in [-0.4, -0.2) is 22.8 Å². The van der Waals surface area contributed by atoms with Crippen molar-refractivity contribution in [3.05, 3.63) is 47.5 Å². The summed E-state index contributed by atoms with van der Waals surface area (Å²) in [5.41, 5.74) is 1.45. The number of hydrogen-bond acceptors (Lipinski definition) is 4. The van der Waals surface area contributed by atoms with E-state index in [0.717, 1.165) is 18.5 Å². The van der Waals surface area contributed by atoms with Crippen molar-refractivity contribution in [2.45, 2.75) is 45.1 Å². The van der Waals surface area contributed by atoms with E-state index < -0.39 is 0 Å². The van der Waals surface area contributed by atoms with Crippen LogP contribution in [0.3, 0.4) is 0 Å². The minimum absolute atomic E-state index is 0.0852. The topological polar surface area (TPSA) is 62.3 Å². The summed E-state index contributed by atoms with van der Waals surface area (Å²) in [4.78, 5) is 30.2. The van der Waals surface area contributed by atoms with Gasteiger partial charge in [-0.3, -0.25) is 14.5 Å². The summed E-state index contributed by atoms with van der Waals surface area (Å²) in [6, 6.07) is 9.71. The number of nitrogens with one attached hydrogen (secondary N) is 1. The molecule has 2 amide bonds. The van der Waals surface area contributed by atoms with E-state index in [4.69, 9.17) is 0 Å². The molecule has 2 aromatic rings. The molecule has 1 N–H and O–H groups in total. The van der Waals surface area contributed by atoms with Crippen LogP contribution in [0.4, 0.5) is 10.8 Å². The third-order valence-corrected chi connectivity index (χ3v) is 5.23. The number of thiazole rings is 1. The second kappa shape index (κ2) is 8.76. The molecule has 136 valence electrons. The first kappa shape index (κ1) is 18.3. The Kier molecular flexibility index (Phi) is 6.17. The van der Waals surface area contributed by atoms with E-state index in [1.165, 1.54) is 43.6 Å². The molecule has 26 heavy (non-hydrogen) atoms. The molecule has 1 heterocycles. The quantitative estimate of drug-likeness (QED) is 0.800. The summed E-state index contributed by atoms with van der Waals surface area (Å²) in [6.45, 7) is 1.52. The number of carbonyl (C=O) groups is 2. The van der Waals surface area contributed by atoms with Crippen LogP contribution in [0.25, 0.3) is 6.08 Å². The molecule has 1 aromatic heterocycles. The van der Waals surface area contributed by atoms with Gasteiger partial charge in [0.15, 0.2) is 5.13 Å². The zero-order valence-electron chi connectivity index (χ0n) is 14.9. The monoisotopic (exact) mass is 369 g/mol. The lowest BCUT2D eigenvalue weighted by molar-refractivity contribution is -0.117. The number of benzene rings is 1. The molecule has 0 radical (unpaired) electrons. The van der Waals surface area contributed by atoms with Crippen molar-refractivity contribution in [2.75, 3.05) is 4.90 Å². The standard InChI is InChI=1S/C20H23N3O2S/c1-15(24)23(18-10-6-3-7-11-18)20-22-17(14-26-20)12-13-19(25)21-16-8-4-2-5-9-16/h3,6-7,10-14,16H,2,4-5,8-9H2,1H3,(H,21,25)/b13-12+. The molecule has 5 nitrogen and oxygen atoms in total. The number of aromatic nitrogens is 1. The smallest absolute Gasteiger partial charge is 0.244 e. The van der Waals surface area contributed by atoms with Crippen molar-refractivity contribution in [1.82, 2.24) is 10.3 Å². The number of amides is 2. The third-order valence-electron chi connectivity index (χ3n) is 4.39. The number of nitrogens with zero attached hydrogens (tertiary/aromatic N) is 2. The predicted molar refractivity (Wildman–Crippen MR) is 105 cm³/mol. The van der Waals surface area contributed by atoms with Gasteiger partial charge in [-0.25, -0.2) is 4.98 Å². The lowest BCUT2D eigenvalue weighted by Crippen LogP contribution is -2.34. The fourth-order valence-electron chi connectivity index (χ4n) is 3.12. The highest BCUT2D eigenvalue weighted by Gasteiger charge is 2.17. The SMILES string of the molecule is CC(=O)N(c1ccccc1)c1nc(/C=C/C(=O)NC2CCCCC2)cs1. The fourth-order valence-corrected chi connectivity index (χ4v) is 3.97. The molecule has 1 aliphatic rings. The van der Waals surface area contributed by atoms with Crippen LogP contribution in [0.15, 0.2) is 41.8 Å². The number of anilines is 2. The van der Waals surface area contributed by atoms with Crippen molar-refractivity contribution >= 4 is 40.0 Å². The normalized spacial score (nSPS) is 15.1. The Morgan fingerprint density at radius 2 is 1.92 bits per heavy atom. The average molecular weight is 369 g/mol. The van der Waals surface area contributed by atoms with Crippen LogP contribution >= 0.6 is 11.3 Å². The Bertz CT molecular complexity index is 779. The van der Waals surface area contributed by atoms with Gasteiger partial charge in [0.05, 0.1) is 11.4 Å². The third kappa shape index (κ3) is 4.79. The molecule has 0 spiro atoms. The maximum atomic E-state index is 12.1. The van der Waals surface area contributed by atoms with Gasteiger partial charge < -0.3 is 5.32 Å². The molecule has 6 heteroatoms. The van der Waals surface area contributed by atoms with Crippen LogP contribution in [0, 0.1) is 0 Å². The summed E-state index contributed by atoms with van der Waals surface area (Å²) in [5, 5.41) is 5.49. The van der Waals surface area contributed by atoms with Gasteiger partial charge in [0.2, 0.25) is 11.8 Å². The minimum Gasteiger partial charge on any atom is -0.350 e. The molecule has 0 unspecified atom stereocenters. The van der Waals surface area contributed by atoms with E-state index in [1.54, 1.807) is 11.0 Å². The summed E-state index contributed by atoms with van der Waals surface area (Å²) in [5.74, 6) is -0.186. The molecule has 0 bridgehead atoms. The summed E-state index contributed by atoms with van der Waals surface area (Å²) in [6.07, 6.45) is 8.97. The van der Waals surface area contributed by atoms with Gasteiger partial charge in [-0.05, 0) is 31.1 Å². The molecule has 3 rings (SSSR count). The Balaban J connectivity index is 1.66. The van der Waals surface area contributed by atoms with Crippen molar-refractivity contribution < 1.29 is 9.59 Å². The predicted octanol–water partition coefficient (Wildman–Crippen LogP) is 4.29. The molecule has 0 saturated heterocycles. The van der Waals surface area contributed by atoms with Gasteiger partial charge in [-0.2, -0.15) is 0 Å². The van der Waals surface area contributed by atoms with Gasteiger partial charge in [0.1, 0.15) is 0 Å². The van der Waals surface area contributed by atoms with Gasteiger partial charge >= 0.3 is 0 Å².